The molecule has 146 valence electrons. The normalized spacial score (nSPS) is 24.1. The second kappa shape index (κ2) is 8.01. The summed E-state index contributed by atoms with van der Waals surface area (Å²) in [6.45, 7) is 8.49. The van der Waals surface area contributed by atoms with Crippen LogP contribution in [-0.4, -0.2) is 67.3 Å². The third kappa shape index (κ3) is 4.52. The van der Waals surface area contributed by atoms with Crippen LogP contribution in [0.15, 0.2) is 24.3 Å². The molecule has 4 rings (SSSR count). The molecule has 2 heterocycles. The predicted octanol–water partition coefficient (Wildman–Crippen LogP) is 2.66. The van der Waals surface area contributed by atoms with Gasteiger partial charge in [-0.2, -0.15) is 0 Å². The van der Waals surface area contributed by atoms with Gasteiger partial charge in [-0.25, -0.2) is 0 Å². The quantitative estimate of drug-likeness (QED) is 0.749. The Hall–Kier alpha value is -1.88. The molecule has 27 heavy (non-hydrogen) atoms. The van der Waals surface area contributed by atoms with E-state index in [0.717, 1.165) is 69.3 Å². The SMILES string of the molecule is CC(=O)c1ccc(N2CC[C@H](C(=O)N3CCCN(CC4CC4)CC3)C2)cc1. The first kappa shape index (κ1) is 18.5. The van der Waals surface area contributed by atoms with Gasteiger partial charge in [0.05, 0.1) is 5.92 Å². The Morgan fingerprint density at radius 1 is 0.963 bits per heavy atom. The van der Waals surface area contributed by atoms with Crippen molar-refractivity contribution in [3.8, 4) is 0 Å². The van der Waals surface area contributed by atoms with Gasteiger partial charge < -0.3 is 14.7 Å². The molecule has 2 aliphatic heterocycles. The third-order valence-electron chi connectivity index (χ3n) is 6.29. The van der Waals surface area contributed by atoms with Crippen molar-refractivity contribution in [2.24, 2.45) is 11.8 Å². The monoisotopic (exact) mass is 369 g/mol. The van der Waals surface area contributed by atoms with Crippen molar-refractivity contribution in [1.82, 2.24) is 9.80 Å². The molecule has 0 bridgehead atoms. The molecule has 1 amide bonds. The number of ketones is 1. The van der Waals surface area contributed by atoms with E-state index in [4.69, 9.17) is 0 Å². The molecule has 2 saturated heterocycles. The van der Waals surface area contributed by atoms with Gasteiger partial charge in [-0.15, -0.1) is 0 Å². The zero-order valence-electron chi connectivity index (χ0n) is 16.4. The summed E-state index contributed by atoms with van der Waals surface area (Å²) in [6, 6.07) is 7.78. The van der Waals surface area contributed by atoms with Crippen molar-refractivity contribution >= 4 is 17.4 Å². The summed E-state index contributed by atoms with van der Waals surface area (Å²) in [5.74, 6) is 1.46. The molecule has 1 saturated carbocycles. The summed E-state index contributed by atoms with van der Waals surface area (Å²) in [5, 5.41) is 0. The molecule has 3 aliphatic rings. The maximum Gasteiger partial charge on any atom is 0.227 e. The van der Waals surface area contributed by atoms with Crippen LogP contribution in [-0.2, 0) is 4.79 Å². The number of rotatable bonds is 5. The smallest absolute Gasteiger partial charge is 0.227 e. The summed E-state index contributed by atoms with van der Waals surface area (Å²) in [4.78, 5) is 31.4. The lowest BCUT2D eigenvalue weighted by Crippen LogP contribution is -2.40. The summed E-state index contributed by atoms with van der Waals surface area (Å²) < 4.78 is 0. The Kier molecular flexibility index (Phi) is 5.48. The van der Waals surface area contributed by atoms with Crippen LogP contribution >= 0.6 is 0 Å². The molecule has 1 aromatic rings. The van der Waals surface area contributed by atoms with Gasteiger partial charge in [-0.05, 0) is 69.3 Å². The molecular formula is C22H31N3O2. The Morgan fingerprint density at radius 3 is 2.44 bits per heavy atom. The number of hydrogen-bond acceptors (Lipinski definition) is 4. The third-order valence-corrected chi connectivity index (χ3v) is 6.29. The standard InChI is InChI=1S/C22H31N3O2/c1-17(26)19-5-7-21(8-6-19)25-12-9-20(16-25)22(27)24-11-2-10-23(13-14-24)15-18-3-4-18/h5-8,18,20H,2-4,9-16H2,1H3/t20-/m0/s1. The Bertz CT molecular complexity index is 683. The predicted molar refractivity (Wildman–Crippen MR) is 107 cm³/mol. The van der Waals surface area contributed by atoms with E-state index in [1.54, 1.807) is 6.92 Å². The Labute approximate surface area is 162 Å². The largest absolute Gasteiger partial charge is 0.371 e. The molecule has 0 unspecified atom stereocenters. The number of benzene rings is 1. The number of hydrogen-bond donors (Lipinski definition) is 0. The minimum atomic E-state index is 0.0907. The fourth-order valence-corrected chi connectivity index (χ4v) is 4.40. The number of amides is 1. The average Bonchev–Trinajstić information content (AvgIpc) is 3.41. The number of anilines is 1. The zero-order chi connectivity index (χ0) is 18.8. The van der Waals surface area contributed by atoms with E-state index in [1.807, 2.05) is 24.3 Å². The van der Waals surface area contributed by atoms with E-state index < -0.39 is 0 Å². The summed E-state index contributed by atoms with van der Waals surface area (Å²) in [7, 11) is 0. The lowest BCUT2D eigenvalue weighted by Gasteiger charge is -2.25. The second-order valence-corrected chi connectivity index (χ2v) is 8.46. The highest BCUT2D eigenvalue weighted by molar-refractivity contribution is 5.94. The Morgan fingerprint density at radius 2 is 1.74 bits per heavy atom. The molecule has 5 nitrogen and oxygen atoms in total. The van der Waals surface area contributed by atoms with Crippen molar-refractivity contribution in [1.29, 1.82) is 0 Å². The molecule has 1 aliphatic carbocycles. The molecule has 1 atom stereocenters. The van der Waals surface area contributed by atoms with E-state index in [2.05, 4.69) is 14.7 Å². The van der Waals surface area contributed by atoms with Gasteiger partial charge in [0, 0.05) is 50.5 Å². The second-order valence-electron chi connectivity index (χ2n) is 8.46. The maximum absolute atomic E-state index is 13.1. The van der Waals surface area contributed by atoms with Crippen molar-refractivity contribution in [2.45, 2.75) is 32.6 Å². The van der Waals surface area contributed by atoms with Gasteiger partial charge in [0.2, 0.25) is 5.91 Å². The maximum atomic E-state index is 13.1. The first-order valence-corrected chi connectivity index (χ1v) is 10.5. The fourth-order valence-electron chi connectivity index (χ4n) is 4.40. The first-order valence-electron chi connectivity index (χ1n) is 10.5. The van der Waals surface area contributed by atoms with Gasteiger partial charge >= 0.3 is 0 Å². The average molecular weight is 370 g/mol. The molecule has 3 fully saturated rings. The van der Waals surface area contributed by atoms with Gasteiger partial charge in [0.1, 0.15) is 0 Å². The van der Waals surface area contributed by atoms with Crippen LogP contribution < -0.4 is 4.90 Å². The highest BCUT2D eigenvalue weighted by Crippen LogP contribution is 2.30. The summed E-state index contributed by atoms with van der Waals surface area (Å²) in [5.41, 5.74) is 1.85. The summed E-state index contributed by atoms with van der Waals surface area (Å²) >= 11 is 0. The van der Waals surface area contributed by atoms with Gasteiger partial charge in [-0.1, -0.05) is 0 Å². The van der Waals surface area contributed by atoms with E-state index in [1.165, 1.54) is 19.4 Å². The van der Waals surface area contributed by atoms with Crippen LogP contribution in [0.4, 0.5) is 5.69 Å². The zero-order valence-corrected chi connectivity index (χ0v) is 16.4. The number of Topliss-reactive ketones (excluding diaryl/α,β-unsaturated/α-hetero) is 1. The minimum Gasteiger partial charge on any atom is -0.371 e. The van der Waals surface area contributed by atoms with Gasteiger partial charge in [0.25, 0.3) is 0 Å². The molecule has 0 N–H and O–H groups in total. The van der Waals surface area contributed by atoms with Crippen molar-refractivity contribution < 1.29 is 9.59 Å². The van der Waals surface area contributed by atoms with Crippen LogP contribution in [0.25, 0.3) is 0 Å². The number of nitrogens with zero attached hydrogens (tertiary/aromatic N) is 3. The molecular weight excluding hydrogens is 338 g/mol. The minimum absolute atomic E-state index is 0.0907. The van der Waals surface area contributed by atoms with Crippen LogP contribution in [0.1, 0.15) is 43.0 Å². The van der Waals surface area contributed by atoms with Crippen molar-refractivity contribution in [3.05, 3.63) is 29.8 Å². The molecule has 0 aromatic heterocycles. The van der Waals surface area contributed by atoms with E-state index in [9.17, 15) is 9.59 Å². The van der Waals surface area contributed by atoms with Crippen LogP contribution in [0.2, 0.25) is 0 Å². The Balaban J connectivity index is 1.31. The van der Waals surface area contributed by atoms with E-state index in [-0.39, 0.29) is 11.7 Å². The summed E-state index contributed by atoms with van der Waals surface area (Å²) in [6.07, 6.45) is 4.81. The molecule has 1 aromatic carbocycles. The fraction of sp³-hybridized carbons (Fsp3) is 0.636. The topological polar surface area (TPSA) is 43.9 Å². The molecule has 0 radical (unpaired) electrons. The van der Waals surface area contributed by atoms with E-state index >= 15 is 0 Å². The van der Waals surface area contributed by atoms with Crippen LogP contribution in [0.3, 0.4) is 0 Å². The van der Waals surface area contributed by atoms with Gasteiger partial charge in [-0.3, -0.25) is 9.59 Å². The lowest BCUT2D eigenvalue weighted by atomic mass is 10.1. The lowest BCUT2D eigenvalue weighted by molar-refractivity contribution is -0.134. The van der Waals surface area contributed by atoms with Crippen LogP contribution in [0.5, 0.6) is 0 Å². The number of carbonyl (C=O) groups excluding carboxylic acids is 2. The van der Waals surface area contributed by atoms with Gasteiger partial charge in [0.15, 0.2) is 5.78 Å². The van der Waals surface area contributed by atoms with Crippen LogP contribution in [0, 0.1) is 11.8 Å². The molecule has 0 spiro atoms. The van der Waals surface area contributed by atoms with E-state index in [0.29, 0.717) is 5.91 Å². The highest BCUT2D eigenvalue weighted by atomic mass is 16.2. The molecule has 5 heteroatoms. The first-order chi connectivity index (χ1) is 13.1. The van der Waals surface area contributed by atoms with Crippen molar-refractivity contribution in [3.63, 3.8) is 0 Å². The highest BCUT2D eigenvalue weighted by Gasteiger charge is 2.33. The van der Waals surface area contributed by atoms with Crippen molar-refractivity contribution in [2.75, 3.05) is 50.7 Å². The number of carbonyl (C=O) groups is 2.